The highest BCUT2D eigenvalue weighted by molar-refractivity contribution is 14.1. The number of anilines is 1. The van der Waals surface area contributed by atoms with Gasteiger partial charge in [0.1, 0.15) is 4.90 Å². The molecule has 2 N–H and O–H groups in total. The van der Waals surface area contributed by atoms with Crippen LogP contribution >= 0.6 is 22.6 Å². The molecule has 0 amide bonds. The van der Waals surface area contributed by atoms with E-state index in [0.29, 0.717) is 12.2 Å². The Labute approximate surface area is 138 Å². The molecule has 0 aliphatic carbocycles. The molecule has 0 unspecified atom stereocenters. The standard InChI is InChI=1S/C14H18IN3O2S/c1-3-18-10-12(8-11(18)9-16-2)21(19,20)17-14-7-5-4-6-13(14)15/h4-8,10,16-17H,3,9H2,1-2H3. The number of aryl methyl sites for hydroxylation is 1. The molecule has 21 heavy (non-hydrogen) atoms. The highest BCUT2D eigenvalue weighted by atomic mass is 127. The summed E-state index contributed by atoms with van der Waals surface area (Å²) in [6, 6.07) is 9.01. The van der Waals surface area contributed by atoms with Crippen LogP contribution in [0, 0.1) is 3.57 Å². The number of aromatic nitrogens is 1. The number of nitrogens with one attached hydrogen (secondary N) is 2. The van der Waals surface area contributed by atoms with Gasteiger partial charge in [0.2, 0.25) is 0 Å². The minimum Gasteiger partial charge on any atom is -0.349 e. The number of sulfonamides is 1. The summed E-state index contributed by atoms with van der Waals surface area (Å²) in [7, 11) is -1.73. The smallest absolute Gasteiger partial charge is 0.263 e. The van der Waals surface area contributed by atoms with Crippen molar-refractivity contribution >= 4 is 38.3 Å². The Morgan fingerprint density at radius 2 is 2.00 bits per heavy atom. The van der Waals surface area contributed by atoms with E-state index in [9.17, 15) is 8.42 Å². The zero-order valence-corrected chi connectivity index (χ0v) is 14.9. The van der Waals surface area contributed by atoms with Crippen molar-refractivity contribution in [2.75, 3.05) is 11.8 Å². The lowest BCUT2D eigenvalue weighted by Gasteiger charge is -2.08. The molecule has 0 aliphatic heterocycles. The van der Waals surface area contributed by atoms with Crippen LogP contribution in [0.15, 0.2) is 41.4 Å². The number of halogens is 1. The molecular formula is C14H18IN3O2S. The maximum Gasteiger partial charge on any atom is 0.263 e. The van der Waals surface area contributed by atoms with Gasteiger partial charge in [-0.15, -0.1) is 0 Å². The number of benzene rings is 1. The quantitative estimate of drug-likeness (QED) is 0.708. The van der Waals surface area contributed by atoms with Crippen molar-refractivity contribution in [1.82, 2.24) is 9.88 Å². The molecule has 0 saturated carbocycles. The SMILES string of the molecule is CCn1cc(S(=O)(=O)Nc2ccccc2I)cc1CNC. The van der Waals surface area contributed by atoms with E-state index in [-0.39, 0.29) is 4.90 Å². The summed E-state index contributed by atoms with van der Waals surface area (Å²) in [6.07, 6.45) is 1.67. The number of nitrogens with zero attached hydrogens (tertiary/aromatic N) is 1. The van der Waals surface area contributed by atoms with E-state index in [1.54, 1.807) is 18.3 Å². The number of para-hydroxylation sites is 1. The van der Waals surface area contributed by atoms with Crippen LogP contribution in [0.5, 0.6) is 0 Å². The predicted octanol–water partition coefficient (Wildman–Crippen LogP) is 2.63. The average molecular weight is 419 g/mol. The number of hydrogen-bond donors (Lipinski definition) is 2. The van der Waals surface area contributed by atoms with Crippen molar-refractivity contribution in [2.45, 2.75) is 24.9 Å². The van der Waals surface area contributed by atoms with Gasteiger partial charge in [0.05, 0.1) is 5.69 Å². The first kappa shape index (κ1) is 16.3. The third-order valence-corrected chi connectivity index (χ3v) is 5.36. The first-order valence-electron chi connectivity index (χ1n) is 6.59. The summed E-state index contributed by atoms with van der Waals surface area (Å²) >= 11 is 2.11. The molecule has 7 heteroatoms. The summed E-state index contributed by atoms with van der Waals surface area (Å²) < 4.78 is 30.4. The molecule has 2 rings (SSSR count). The fourth-order valence-corrected chi connectivity index (χ4v) is 3.89. The van der Waals surface area contributed by atoms with E-state index in [4.69, 9.17) is 0 Å². The van der Waals surface area contributed by atoms with Crippen LogP contribution in [0.25, 0.3) is 0 Å². The zero-order chi connectivity index (χ0) is 15.5. The van der Waals surface area contributed by atoms with Gasteiger partial charge in [0.15, 0.2) is 0 Å². The van der Waals surface area contributed by atoms with E-state index in [0.717, 1.165) is 15.8 Å². The minimum atomic E-state index is -3.57. The summed E-state index contributed by atoms with van der Waals surface area (Å²) in [6.45, 7) is 3.35. The van der Waals surface area contributed by atoms with Gasteiger partial charge in [-0.3, -0.25) is 4.72 Å². The Kier molecular flexibility index (Phi) is 5.28. The Morgan fingerprint density at radius 1 is 1.29 bits per heavy atom. The van der Waals surface area contributed by atoms with E-state index in [1.165, 1.54) is 0 Å². The van der Waals surface area contributed by atoms with Crippen molar-refractivity contribution in [2.24, 2.45) is 0 Å². The summed E-state index contributed by atoms with van der Waals surface area (Å²) in [5.41, 5.74) is 1.54. The number of rotatable bonds is 6. The largest absolute Gasteiger partial charge is 0.349 e. The van der Waals surface area contributed by atoms with Crippen molar-refractivity contribution in [3.8, 4) is 0 Å². The van der Waals surface area contributed by atoms with Crippen LogP contribution < -0.4 is 10.0 Å². The van der Waals surface area contributed by atoms with Crippen molar-refractivity contribution in [3.05, 3.63) is 45.8 Å². The fraction of sp³-hybridized carbons (Fsp3) is 0.286. The van der Waals surface area contributed by atoms with Gasteiger partial charge >= 0.3 is 0 Å². The molecule has 1 aromatic carbocycles. The Morgan fingerprint density at radius 3 is 2.62 bits per heavy atom. The topological polar surface area (TPSA) is 63.1 Å². The summed E-state index contributed by atoms with van der Waals surface area (Å²) in [5.74, 6) is 0. The van der Waals surface area contributed by atoms with Crippen LogP contribution in [0.1, 0.15) is 12.6 Å². The third-order valence-electron chi connectivity index (χ3n) is 3.09. The number of hydrogen-bond acceptors (Lipinski definition) is 3. The molecule has 1 heterocycles. The normalized spacial score (nSPS) is 11.6. The van der Waals surface area contributed by atoms with Gasteiger partial charge in [0.25, 0.3) is 10.0 Å². The van der Waals surface area contributed by atoms with Crippen LogP contribution in [0.2, 0.25) is 0 Å². The Bertz CT molecular complexity index is 726. The van der Waals surface area contributed by atoms with Gasteiger partial charge in [0, 0.05) is 28.6 Å². The molecule has 0 spiro atoms. The van der Waals surface area contributed by atoms with Gasteiger partial charge in [-0.25, -0.2) is 8.42 Å². The van der Waals surface area contributed by atoms with Crippen molar-refractivity contribution in [1.29, 1.82) is 0 Å². The van der Waals surface area contributed by atoms with E-state index < -0.39 is 10.0 Å². The fourth-order valence-electron chi connectivity index (χ4n) is 2.04. The maximum atomic E-state index is 12.5. The molecule has 0 saturated heterocycles. The first-order valence-corrected chi connectivity index (χ1v) is 9.15. The molecule has 0 radical (unpaired) electrons. The first-order chi connectivity index (χ1) is 9.97. The van der Waals surface area contributed by atoms with Crippen LogP contribution in [-0.2, 0) is 23.1 Å². The minimum absolute atomic E-state index is 0.286. The van der Waals surface area contributed by atoms with E-state index in [1.807, 2.05) is 36.7 Å². The molecule has 1 aromatic heterocycles. The second-order valence-electron chi connectivity index (χ2n) is 4.57. The molecule has 0 aliphatic rings. The molecule has 5 nitrogen and oxygen atoms in total. The van der Waals surface area contributed by atoms with E-state index in [2.05, 4.69) is 32.6 Å². The molecule has 114 valence electrons. The lowest BCUT2D eigenvalue weighted by molar-refractivity contribution is 0.600. The molecule has 2 aromatic rings. The highest BCUT2D eigenvalue weighted by Gasteiger charge is 2.19. The average Bonchev–Trinajstić information content (AvgIpc) is 2.86. The van der Waals surface area contributed by atoms with Gasteiger partial charge in [-0.1, -0.05) is 12.1 Å². The second kappa shape index (κ2) is 6.80. The third kappa shape index (κ3) is 3.78. The summed E-state index contributed by atoms with van der Waals surface area (Å²) in [4.78, 5) is 0.286. The van der Waals surface area contributed by atoms with Crippen LogP contribution in [0.4, 0.5) is 5.69 Å². The molecule has 0 fully saturated rings. The highest BCUT2D eigenvalue weighted by Crippen LogP contribution is 2.22. The molecule has 0 bridgehead atoms. The van der Waals surface area contributed by atoms with Gasteiger partial charge < -0.3 is 9.88 Å². The lowest BCUT2D eigenvalue weighted by Crippen LogP contribution is -2.13. The van der Waals surface area contributed by atoms with Crippen LogP contribution in [0.3, 0.4) is 0 Å². The predicted molar refractivity (Wildman–Crippen MR) is 92.8 cm³/mol. The Hall–Kier alpha value is -1.06. The maximum absolute atomic E-state index is 12.5. The van der Waals surface area contributed by atoms with Gasteiger partial charge in [-0.2, -0.15) is 0 Å². The second-order valence-corrected chi connectivity index (χ2v) is 7.41. The zero-order valence-electron chi connectivity index (χ0n) is 11.9. The molecular weight excluding hydrogens is 401 g/mol. The lowest BCUT2D eigenvalue weighted by atomic mass is 10.3. The Balaban J connectivity index is 2.34. The van der Waals surface area contributed by atoms with Crippen LogP contribution in [-0.4, -0.2) is 20.0 Å². The molecule has 0 atom stereocenters. The van der Waals surface area contributed by atoms with E-state index >= 15 is 0 Å². The monoisotopic (exact) mass is 419 g/mol. The summed E-state index contributed by atoms with van der Waals surface area (Å²) in [5, 5.41) is 3.05. The van der Waals surface area contributed by atoms with Gasteiger partial charge in [-0.05, 0) is 54.8 Å². The van der Waals surface area contributed by atoms with Crippen molar-refractivity contribution < 1.29 is 8.42 Å². The van der Waals surface area contributed by atoms with Crippen molar-refractivity contribution in [3.63, 3.8) is 0 Å².